The minimum Gasteiger partial charge on any atom is -0.447 e. The van der Waals surface area contributed by atoms with Gasteiger partial charge in [-0.25, -0.2) is 0 Å². The molecule has 2 nitrogen and oxygen atoms in total. The van der Waals surface area contributed by atoms with Crippen molar-refractivity contribution in [3.63, 3.8) is 0 Å². The zero-order chi connectivity index (χ0) is 4.41. The van der Waals surface area contributed by atoms with Crippen molar-refractivity contribution in [1.29, 1.82) is 0 Å². The van der Waals surface area contributed by atoms with E-state index in [4.69, 9.17) is 0 Å². The quantitative estimate of drug-likeness (QED) is 0.678. The van der Waals surface area contributed by atoms with Crippen LogP contribution in [0.4, 0.5) is 0 Å². The Balaban J connectivity index is 0.000000360. The summed E-state index contributed by atoms with van der Waals surface area (Å²) in [6, 6.07) is 0. The van der Waals surface area contributed by atoms with Gasteiger partial charge in [0, 0.05) is 20.4 Å². The minimum atomic E-state index is 0. The van der Waals surface area contributed by atoms with Crippen LogP contribution in [0.25, 0.3) is 0 Å². The van der Waals surface area contributed by atoms with Crippen LogP contribution < -0.4 is 4.98 Å². The van der Waals surface area contributed by atoms with E-state index in [1.54, 1.807) is 12.4 Å². The Morgan fingerprint density at radius 2 is 2.43 bits per heavy atom. The van der Waals surface area contributed by atoms with E-state index in [2.05, 4.69) is 9.97 Å². The van der Waals surface area contributed by atoms with Crippen LogP contribution in [0.2, 0.25) is 0 Å². The van der Waals surface area contributed by atoms with Gasteiger partial charge in [-0.1, -0.05) is 18.2 Å². The van der Waals surface area contributed by atoms with Crippen molar-refractivity contribution < 1.29 is 20.4 Å². The molecule has 1 aromatic heterocycles. The van der Waals surface area contributed by atoms with E-state index in [0.29, 0.717) is 0 Å². The van der Waals surface area contributed by atoms with Crippen molar-refractivity contribution in [2.75, 3.05) is 0 Å². The second-order valence-corrected chi connectivity index (χ2v) is 1.10. The third-order valence-electron chi connectivity index (χ3n) is 0.589. The zero-order valence-corrected chi connectivity index (χ0v) is 6.64. The summed E-state index contributed by atoms with van der Waals surface area (Å²) < 4.78 is 0. The predicted octanol–water partition coefficient (Wildman–Crippen LogP) is 0.345. The van der Waals surface area contributed by atoms with Crippen molar-refractivity contribution in [3.8, 4) is 0 Å². The van der Waals surface area contributed by atoms with Crippen LogP contribution in [0.5, 0.6) is 0 Å². The fourth-order valence-corrected chi connectivity index (χ4v) is 0.316. The Bertz CT molecular complexity index is 113. The summed E-state index contributed by atoms with van der Waals surface area (Å²) in [5.41, 5.74) is 0. The van der Waals surface area contributed by atoms with Gasteiger partial charge in [0.25, 0.3) is 0 Å². The first-order valence-corrected chi connectivity index (χ1v) is 1.80. The number of aryl methyl sites for hydroxylation is 1. The first-order chi connectivity index (χ1) is 2.89. The normalized spacial score (nSPS) is 7.57. The molecule has 0 amide bonds. The first kappa shape index (κ1) is 6.87. The van der Waals surface area contributed by atoms with Gasteiger partial charge >= 0.3 is 0 Å². The molecule has 0 atom stereocenters. The van der Waals surface area contributed by atoms with Crippen LogP contribution in [0.1, 0.15) is 5.82 Å². The standard InChI is InChI=1S/C4H5N2.Re/c1-4-5-2-3-6-4;/h2-3H,1H3;/q-1;. The predicted molar refractivity (Wildman–Crippen MR) is 22.3 cm³/mol. The Kier molecular flexibility index (Phi) is 2.90. The first-order valence-electron chi connectivity index (χ1n) is 1.80. The molecule has 39 valence electrons. The summed E-state index contributed by atoms with van der Waals surface area (Å²) in [6.07, 6.45) is 3.35. The Hall–Kier alpha value is -0.128. The molecular formula is C4H5N2Re-. The molecule has 0 fully saturated rings. The number of rotatable bonds is 0. The minimum absolute atomic E-state index is 0. The molecule has 0 unspecified atom stereocenters. The van der Waals surface area contributed by atoms with E-state index in [0.717, 1.165) is 5.82 Å². The zero-order valence-electron chi connectivity index (χ0n) is 3.93. The fourth-order valence-electron chi connectivity index (χ4n) is 0.316. The van der Waals surface area contributed by atoms with Gasteiger partial charge in [0.2, 0.25) is 0 Å². The molecule has 0 aliphatic carbocycles. The molecule has 0 saturated carbocycles. The van der Waals surface area contributed by atoms with E-state index < -0.39 is 0 Å². The van der Waals surface area contributed by atoms with Gasteiger partial charge in [-0.15, -0.1) is 0 Å². The number of imidazole rings is 1. The summed E-state index contributed by atoms with van der Waals surface area (Å²) in [5.74, 6) is 0.843. The number of hydrogen-bond donors (Lipinski definition) is 0. The molecule has 1 heterocycles. The molecule has 7 heavy (non-hydrogen) atoms. The monoisotopic (exact) mass is 268 g/mol. The van der Waals surface area contributed by atoms with Gasteiger partial charge in [-0.2, -0.15) is 0 Å². The number of aromatic nitrogens is 2. The fraction of sp³-hybridized carbons (Fsp3) is 0.250. The Morgan fingerprint density at radius 3 is 2.57 bits per heavy atom. The molecule has 1 radical (unpaired) electrons. The third-order valence-corrected chi connectivity index (χ3v) is 0.589. The summed E-state index contributed by atoms with van der Waals surface area (Å²) in [7, 11) is 0. The summed E-state index contributed by atoms with van der Waals surface area (Å²) >= 11 is 0. The summed E-state index contributed by atoms with van der Waals surface area (Å²) in [5, 5.41) is 0. The molecule has 0 spiro atoms. The maximum Gasteiger partial charge on any atom is 0 e. The SMILES string of the molecule is Cc1ncc[n-]1.[Re]. The molecule has 1 aromatic rings. The second kappa shape index (κ2) is 2.95. The summed E-state index contributed by atoms with van der Waals surface area (Å²) in [6.45, 7) is 1.86. The number of nitrogens with zero attached hydrogens (tertiary/aromatic N) is 2. The van der Waals surface area contributed by atoms with Gasteiger partial charge in [0.15, 0.2) is 0 Å². The van der Waals surface area contributed by atoms with Gasteiger partial charge in [0.05, 0.1) is 0 Å². The largest absolute Gasteiger partial charge is 0.447 e. The van der Waals surface area contributed by atoms with Gasteiger partial charge < -0.3 is 9.97 Å². The van der Waals surface area contributed by atoms with Crippen molar-refractivity contribution in [3.05, 3.63) is 18.2 Å². The average Bonchev–Trinajstić information content (AvgIpc) is 1.86. The second-order valence-electron chi connectivity index (χ2n) is 1.10. The van der Waals surface area contributed by atoms with Crippen LogP contribution in [0.3, 0.4) is 0 Å². The van der Waals surface area contributed by atoms with E-state index in [-0.39, 0.29) is 20.4 Å². The third kappa shape index (κ3) is 1.86. The molecule has 0 aliphatic heterocycles. The smallest absolute Gasteiger partial charge is 0 e. The van der Waals surface area contributed by atoms with E-state index in [1.165, 1.54) is 0 Å². The van der Waals surface area contributed by atoms with Crippen molar-refractivity contribution in [2.24, 2.45) is 0 Å². The number of hydrogen-bond acceptors (Lipinski definition) is 1. The molecule has 0 N–H and O–H groups in total. The van der Waals surface area contributed by atoms with Crippen molar-refractivity contribution in [1.82, 2.24) is 9.97 Å². The van der Waals surface area contributed by atoms with Crippen LogP contribution in [0.15, 0.2) is 12.4 Å². The molecule has 1 rings (SSSR count). The molecule has 0 aliphatic rings. The molecular weight excluding hydrogens is 262 g/mol. The molecule has 3 heteroatoms. The molecule has 0 aromatic carbocycles. The molecule has 0 bridgehead atoms. The average molecular weight is 267 g/mol. The van der Waals surface area contributed by atoms with Crippen LogP contribution in [-0.2, 0) is 20.4 Å². The Morgan fingerprint density at radius 1 is 1.71 bits per heavy atom. The van der Waals surface area contributed by atoms with Gasteiger partial charge in [0.1, 0.15) is 0 Å². The summed E-state index contributed by atoms with van der Waals surface area (Å²) in [4.78, 5) is 7.61. The van der Waals surface area contributed by atoms with E-state index >= 15 is 0 Å². The maximum absolute atomic E-state index is 3.81. The van der Waals surface area contributed by atoms with Crippen molar-refractivity contribution in [2.45, 2.75) is 6.92 Å². The Labute approximate surface area is 56.0 Å². The van der Waals surface area contributed by atoms with E-state index in [1.807, 2.05) is 6.92 Å². The topological polar surface area (TPSA) is 27.0 Å². The van der Waals surface area contributed by atoms with Gasteiger partial charge in [-0.05, 0) is 6.92 Å². The van der Waals surface area contributed by atoms with Crippen molar-refractivity contribution >= 4 is 0 Å². The molecule has 0 saturated heterocycles. The van der Waals surface area contributed by atoms with E-state index in [9.17, 15) is 0 Å². The van der Waals surface area contributed by atoms with Crippen LogP contribution >= 0.6 is 0 Å². The van der Waals surface area contributed by atoms with Crippen LogP contribution in [-0.4, -0.2) is 4.98 Å². The maximum atomic E-state index is 3.81. The van der Waals surface area contributed by atoms with Crippen LogP contribution in [0, 0.1) is 6.92 Å². The van der Waals surface area contributed by atoms with Gasteiger partial charge in [-0.3, -0.25) is 0 Å².